The maximum atomic E-state index is 12.3. The maximum Gasteiger partial charge on any atom is 0.344 e. The molecule has 5 heteroatoms. The summed E-state index contributed by atoms with van der Waals surface area (Å²) >= 11 is 13.0. The fourth-order valence-corrected chi connectivity index (χ4v) is 3.44. The molecule has 0 unspecified atom stereocenters. The Hall–Kier alpha value is -1.10. The van der Waals surface area contributed by atoms with E-state index in [0.29, 0.717) is 16.2 Å². The number of rotatable bonds is 1. The molecule has 0 amide bonds. The van der Waals surface area contributed by atoms with Crippen molar-refractivity contribution in [3.63, 3.8) is 0 Å². The van der Waals surface area contributed by atoms with Gasteiger partial charge in [0.1, 0.15) is 0 Å². The van der Waals surface area contributed by atoms with Gasteiger partial charge in [-0.15, -0.1) is 0 Å². The monoisotopic (exact) mass is 426 g/mol. The zero-order valence-electron chi connectivity index (χ0n) is 10.9. The van der Waals surface area contributed by atoms with E-state index in [-0.39, 0.29) is 5.63 Å². The number of hydrogen-bond donors (Lipinski definition) is 0. The predicted octanol–water partition coefficient (Wildman–Crippen LogP) is 5.95. The zero-order chi connectivity index (χ0) is 15.1. The highest BCUT2D eigenvalue weighted by molar-refractivity contribution is 9.10. The van der Waals surface area contributed by atoms with E-state index < -0.39 is 0 Å². The Balaban J connectivity index is 2.39. The Morgan fingerprint density at radius 2 is 1.71 bits per heavy atom. The Morgan fingerprint density at radius 1 is 1.05 bits per heavy atom. The van der Waals surface area contributed by atoms with E-state index >= 15 is 0 Å². The van der Waals surface area contributed by atoms with Gasteiger partial charge in [0.25, 0.3) is 0 Å². The molecule has 0 saturated carbocycles. The van der Waals surface area contributed by atoms with Gasteiger partial charge in [-0.3, -0.25) is 0 Å². The summed E-state index contributed by atoms with van der Waals surface area (Å²) in [4.78, 5) is 12.3. The van der Waals surface area contributed by atoms with Gasteiger partial charge in [0, 0.05) is 14.3 Å². The van der Waals surface area contributed by atoms with Gasteiger partial charge in [0.05, 0.1) is 10.6 Å². The second-order valence-electron chi connectivity index (χ2n) is 4.66. The van der Waals surface area contributed by atoms with E-state index in [9.17, 15) is 4.79 Å². The first-order chi connectivity index (χ1) is 9.97. The van der Waals surface area contributed by atoms with Crippen LogP contribution >= 0.6 is 43.5 Å². The van der Waals surface area contributed by atoms with Crippen molar-refractivity contribution in [1.82, 2.24) is 0 Å². The van der Waals surface area contributed by atoms with Gasteiger partial charge in [-0.25, -0.2) is 4.79 Å². The predicted molar refractivity (Wildman–Crippen MR) is 93.1 cm³/mol. The van der Waals surface area contributed by atoms with E-state index in [1.54, 1.807) is 6.07 Å². The molecule has 1 aromatic heterocycles. The van der Waals surface area contributed by atoms with Crippen LogP contribution in [0.15, 0.2) is 54.6 Å². The molecule has 0 fully saturated rings. The number of hydrogen-bond acceptors (Lipinski definition) is 2. The Bertz CT molecular complexity index is 899. The van der Waals surface area contributed by atoms with E-state index in [2.05, 4.69) is 31.9 Å². The molecule has 106 valence electrons. The first-order valence-electron chi connectivity index (χ1n) is 6.16. The normalized spacial score (nSPS) is 11.0. The Labute approximate surface area is 143 Å². The van der Waals surface area contributed by atoms with Crippen LogP contribution in [0.1, 0.15) is 5.56 Å². The lowest BCUT2D eigenvalue weighted by molar-refractivity contribution is 0.562. The molecular weight excluding hydrogens is 419 g/mol. The molecule has 0 aliphatic carbocycles. The van der Waals surface area contributed by atoms with Crippen molar-refractivity contribution in [3.05, 3.63) is 66.3 Å². The van der Waals surface area contributed by atoms with Crippen LogP contribution in [0.25, 0.3) is 22.1 Å². The molecule has 0 atom stereocenters. The second kappa shape index (κ2) is 5.59. The van der Waals surface area contributed by atoms with E-state index in [4.69, 9.17) is 16.0 Å². The summed E-state index contributed by atoms with van der Waals surface area (Å²) in [6, 6.07) is 11.2. The Kier molecular flexibility index (Phi) is 3.95. The topological polar surface area (TPSA) is 30.2 Å². The molecule has 3 rings (SSSR count). The third kappa shape index (κ3) is 2.68. The van der Waals surface area contributed by atoms with Gasteiger partial charge < -0.3 is 4.42 Å². The highest BCUT2D eigenvalue weighted by Crippen LogP contribution is 2.33. The Morgan fingerprint density at radius 3 is 2.38 bits per heavy atom. The third-order valence-electron chi connectivity index (χ3n) is 3.32. The van der Waals surface area contributed by atoms with E-state index in [1.165, 1.54) is 0 Å². The number of benzene rings is 2. The van der Waals surface area contributed by atoms with Gasteiger partial charge >= 0.3 is 5.63 Å². The smallest absolute Gasteiger partial charge is 0.344 e. The van der Waals surface area contributed by atoms with E-state index in [1.807, 2.05) is 37.3 Å². The summed E-state index contributed by atoms with van der Waals surface area (Å²) in [5.41, 5.74) is 2.27. The van der Waals surface area contributed by atoms with Gasteiger partial charge in [-0.05, 0) is 42.3 Å². The third-order valence-corrected chi connectivity index (χ3v) is 4.59. The first kappa shape index (κ1) is 14.8. The highest BCUT2D eigenvalue weighted by Gasteiger charge is 2.15. The summed E-state index contributed by atoms with van der Waals surface area (Å²) in [6.45, 7) is 1.90. The van der Waals surface area contributed by atoms with Crippen LogP contribution < -0.4 is 5.63 Å². The molecule has 0 spiro atoms. The number of halogens is 3. The average molecular weight is 429 g/mol. The zero-order valence-corrected chi connectivity index (χ0v) is 14.8. The van der Waals surface area contributed by atoms with Gasteiger partial charge in [-0.2, -0.15) is 0 Å². The van der Waals surface area contributed by atoms with Crippen molar-refractivity contribution in [2.24, 2.45) is 0 Å². The summed E-state index contributed by atoms with van der Waals surface area (Å²) in [5.74, 6) is 0. The molecule has 2 nitrogen and oxygen atoms in total. The summed E-state index contributed by atoms with van der Waals surface area (Å²) in [5, 5.41) is 1.24. The molecule has 0 aliphatic heterocycles. The van der Waals surface area contributed by atoms with Crippen LogP contribution in [-0.4, -0.2) is 0 Å². The average Bonchev–Trinajstić information content (AvgIpc) is 2.42. The quantitative estimate of drug-likeness (QED) is 0.449. The lowest BCUT2D eigenvalue weighted by atomic mass is 10.00. The lowest BCUT2D eigenvalue weighted by Gasteiger charge is -2.09. The van der Waals surface area contributed by atoms with E-state index in [0.717, 1.165) is 25.5 Å². The fourth-order valence-electron chi connectivity index (χ4n) is 2.33. The van der Waals surface area contributed by atoms with Crippen LogP contribution in [0.4, 0.5) is 0 Å². The minimum absolute atomic E-state index is 0.383. The molecule has 0 bridgehead atoms. The molecule has 21 heavy (non-hydrogen) atoms. The molecule has 0 aliphatic rings. The fraction of sp³-hybridized carbons (Fsp3) is 0.0625. The van der Waals surface area contributed by atoms with Crippen LogP contribution in [0.5, 0.6) is 0 Å². The van der Waals surface area contributed by atoms with Gasteiger partial charge in [-0.1, -0.05) is 55.6 Å². The van der Waals surface area contributed by atoms with Gasteiger partial charge in [0.2, 0.25) is 0 Å². The molecular formula is C16H9Br2ClO2. The summed E-state index contributed by atoms with van der Waals surface area (Å²) < 4.78 is 7.23. The molecule has 3 aromatic rings. The van der Waals surface area contributed by atoms with Crippen molar-refractivity contribution < 1.29 is 4.42 Å². The second-order valence-corrected chi connectivity index (χ2v) is 6.90. The highest BCUT2D eigenvalue weighted by atomic mass is 79.9. The minimum Gasteiger partial charge on any atom is -0.421 e. The van der Waals surface area contributed by atoms with Gasteiger partial charge in [0.15, 0.2) is 5.58 Å². The van der Waals surface area contributed by atoms with Crippen molar-refractivity contribution >= 4 is 54.4 Å². The first-order valence-corrected chi connectivity index (χ1v) is 8.12. The van der Waals surface area contributed by atoms with Crippen LogP contribution in [0.3, 0.4) is 0 Å². The van der Waals surface area contributed by atoms with Crippen molar-refractivity contribution in [3.8, 4) is 11.1 Å². The molecule has 1 heterocycles. The van der Waals surface area contributed by atoms with Crippen LogP contribution in [0.2, 0.25) is 5.02 Å². The number of fused-ring (bicyclic) bond motifs is 1. The SMILES string of the molecule is Cc1c(-c2ccc(Br)cc2)c(=O)oc2c(Cl)cc(Br)cc12. The largest absolute Gasteiger partial charge is 0.421 e. The van der Waals surface area contributed by atoms with Crippen LogP contribution in [0, 0.1) is 6.92 Å². The minimum atomic E-state index is -0.383. The summed E-state index contributed by atoms with van der Waals surface area (Å²) in [7, 11) is 0. The van der Waals surface area contributed by atoms with Crippen molar-refractivity contribution in [2.45, 2.75) is 6.92 Å². The van der Waals surface area contributed by atoms with Crippen LogP contribution in [-0.2, 0) is 0 Å². The molecule has 0 N–H and O–H groups in total. The molecule has 2 aromatic carbocycles. The molecule has 0 saturated heterocycles. The standard InChI is InChI=1S/C16H9Br2ClO2/c1-8-12-6-11(18)7-13(19)15(12)21-16(20)14(8)9-2-4-10(17)5-3-9/h2-7H,1H3. The lowest BCUT2D eigenvalue weighted by Crippen LogP contribution is -2.06. The number of aryl methyl sites for hydroxylation is 1. The summed E-state index contributed by atoms with van der Waals surface area (Å²) in [6.07, 6.45) is 0. The van der Waals surface area contributed by atoms with Crippen molar-refractivity contribution in [1.29, 1.82) is 0 Å². The maximum absolute atomic E-state index is 12.3. The van der Waals surface area contributed by atoms with Crippen molar-refractivity contribution in [2.75, 3.05) is 0 Å². The molecule has 0 radical (unpaired) electrons.